The predicted octanol–water partition coefficient (Wildman–Crippen LogP) is 2.85. The molecule has 0 aliphatic carbocycles. The molecular weight excluding hydrogens is 280 g/mol. The monoisotopic (exact) mass is 304 g/mol. The summed E-state index contributed by atoms with van der Waals surface area (Å²) in [6.45, 7) is 6.37. The molecule has 0 bridgehead atoms. The molecule has 1 heterocycles. The second-order valence-electron chi connectivity index (χ2n) is 5.95. The molecule has 2 aromatic rings. The second kappa shape index (κ2) is 6.79. The Morgan fingerprint density at radius 3 is 2.77 bits per heavy atom. The van der Waals surface area contributed by atoms with E-state index in [0.717, 1.165) is 16.6 Å². The third kappa shape index (κ3) is 3.76. The summed E-state index contributed by atoms with van der Waals surface area (Å²) in [5, 5.41) is 17.6. The molecule has 2 rings (SSSR count). The number of urea groups is 1. The van der Waals surface area contributed by atoms with Crippen molar-refractivity contribution in [3.63, 3.8) is 0 Å². The highest BCUT2D eigenvalue weighted by Gasteiger charge is 2.11. The van der Waals surface area contributed by atoms with E-state index in [1.165, 1.54) is 0 Å². The SMILES string of the molecule is CC(C)n1ncc2ccc(NC(=O)N(C)CC[C@H](C)O)cc21. The first-order chi connectivity index (χ1) is 10.4. The van der Waals surface area contributed by atoms with Crippen LogP contribution in [0.25, 0.3) is 10.9 Å². The number of amides is 2. The normalized spacial score (nSPS) is 12.6. The maximum absolute atomic E-state index is 12.1. The second-order valence-corrected chi connectivity index (χ2v) is 5.95. The number of aliphatic hydroxyl groups excluding tert-OH is 1. The molecule has 6 heteroatoms. The van der Waals surface area contributed by atoms with Gasteiger partial charge in [-0.05, 0) is 45.4 Å². The van der Waals surface area contributed by atoms with Gasteiger partial charge in [0.05, 0.1) is 17.8 Å². The first kappa shape index (κ1) is 16.3. The van der Waals surface area contributed by atoms with Crippen LogP contribution in [0.1, 0.15) is 33.2 Å². The van der Waals surface area contributed by atoms with E-state index in [4.69, 9.17) is 0 Å². The molecule has 120 valence electrons. The highest BCUT2D eigenvalue weighted by Crippen LogP contribution is 2.21. The van der Waals surface area contributed by atoms with E-state index in [1.54, 1.807) is 18.9 Å². The van der Waals surface area contributed by atoms with E-state index in [1.807, 2.05) is 29.1 Å². The number of carbonyl (C=O) groups is 1. The Morgan fingerprint density at radius 2 is 2.14 bits per heavy atom. The van der Waals surface area contributed by atoms with Gasteiger partial charge >= 0.3 is 6.03 Å². The van der Waals surface area contributed by atoms with Crippen molar-refractivity contribution in [3.8, 4) is 0 Å². The minimum absolute atomic E-state index is 0.185. The summed E-state index contributed by atoms with van der Waals surface area (Å²) < 4.78 is 1.93. The molecule has 1 aromatic carbocycles. The molecule has 1 aromatic heterocycles. The molecule has 0 saturated carbocycles. The molecule has 6 nitrogen and oxygen atoms in total. The van der Waals surface area contributed by atoms with Crippen molar-refractivity contribution in [1.29, 1.82) is 0 Å². The van der Waals surface area contributed by atoms with E-state index in [9.17, 15) is 9.90 Å². The number of benzene rings is 1. The summed E-state index contributed by atoms with van der Waals surface area (Å²) in [6, 6.07) is 5.83. The van der Waals surface area contributed by atoms with Crippen molar-refractivity contribution >= 4 is 22.6 Å². The zero-order valence-electron chi connectivity index (χ0n) is 13.6. The topological polar surface area (TPSA) is 70.4 Å². The average Bonchev–Trinajstić information content (AvgIpc) is 2.87. The number of hydrogen-bond acceptors (Lipinski definition) is 3. The zero-order chi connectivity index (χ0) is 16.3. The Morgan fingerprint density at radius 1 is 1.41 bits per heavy atom. The van der Waals surface area contributed by atoms with Crippen LogP contribution in [-0.4, -0.2) is 45.5 Å². The summed E-state index contributed by atoms with van der Waals surface area (Å²) in [6.07, 6.45) is 1.98. The van der Waals surface area contributed by atoms with Crippen LogP contribution < -0.4 is 5.32 Å². The van der Waals surface area contributed by atoms with Crippen molar-refractivity contribution in [2.75, 3.05) is 18.9 Å². The van der Waals surface area contributed by atoms with Crippen molar-refractivity contribution in [2.24, 2.45) is 0 Å². The maximum atomic E-state index is 12.1. The highest BCUT2D eigenvalue weighted by molar-refractivity contribution is 5.92. The third-order valence-corrected chi connectivity index (χ3v) is 3.57. The zero-order valence-corrected chi connectivity index (χ0v) is 13.6. The highest BCUT2D eigenvalue weighted by atomic mass is 16.3. The lowest BCUT2D eigenvalue weighted by molar-refractivity contribution is 0.167. The van der Waals surface area contributed by atoms with Crippen molar-refractivity contribution in [3.05, 3.63) is 24.4 Å². The molecule has 0 spiro atoms. The number of hydrogen-bond donors (Lipinski definition) is 2. The Hall–Kier alpha value is -2.08. The van der Waals surface area contributed by atoms with Crippen LogP contribution in [0.3, 0.4) is 0 Å². The van der Waals surface area contributed by atoms with Crippen LogP contribution in [-0.2, 0) is 0 Å². The van der Waals surface area contributed by atoms with E-state index in [2.05, 4.69) is 24.3 Å². The fraction of sp³-hybridized carbons (Fsp3) is 0.500. The largest absolute Gasteiger partial charge is 0.393 e. The summed E-state index contributed by atoms with van der Waals surface area (Å²) in [4.78, 5) is 13.7. The quantitative estimate of drug-likeness (QED) is 0.892. The molecule has 0 saturated heterocycles. The van der Waals surface area contributed by atoms with Gasteiger partial charge in [-0.15, -0.1) is 0 Å². The Balaban J connectivity index is 2.11. The van der Waals surface area contributed by atoms with Crippen LogP contribution in [0.5, 0.6) is 0 Å². The maximum Gasteiger partial charge on any atom is 0.321 e. The predicted molar refractivity (Wildman–Crippen MR) is 88.1 cm³/mol. The van der Waals surface area contributed by atoms with Crippen LogP contribution in [0, 0.1) is 0 Å². The fourth-order valence-corrected chi connectivity index (χ4v) is 2.23. The molecule has 0 radical (unpaired) electrons. The van der Waals surface area contributed by atoms with Crippen LogP contribution in [0.2, 0.25) is 0 Å². The van der Waals surface area contributed by atoms with Crippen LogP contribution in [0.15, 0.2) is 24.4 Å². The van der Waals surface area contributed by atoms with Crippen molar-refractivity contribution in [2.45, 2.75) is 39.3 Å². The Kier molecular flexibility index (Phi) is 5.03. The number of nitrogens with zero attached hydrogens (tertiary/aromatic N) is 3. The van der Waals surface area contributed by atoms with Crippen molar-refractivity contribution < 1.29 is 9.90 Å². The molecule has 2 amide bonds. The van der Waals surface area contributed by atoms with E-state index < -0.39 is 6.10 Å². The average molecular weight is 304 g/mol. The molecule has 0 unspecified atom stereocenters. The molecular formula is C16H24N4O2. The minimum atomic E-state index is -0.410. The first-order valence-electron chi connectivity index (χ1n) is 7.56. The molecule has 22 heavy (non-hydrogen) atoms. The van der Waals surface area contributed by atoms with E-state index >= 15 is 0 Å². The summed E-state index contributed by atoms with van der Waals surface area (Å²) in [5.41, 5.74) is 1.74. The molecule has 0 fully saturated rings. The molecule has 0 aliphatic rings. The van der Waals surface area contributed by atoms with Gasteiger partial charge in [0, 0.05) is 30.7 Å². The lowest BCUT2D eigenvalue weighted by Crippen LogP contribution is -2.33. The van der Waals surface area contributed by atoms with Crippen LogP contribution >= 0.6 is 0 Å². The van der Waals surface area contributed by atoms with Crippen molar-refractivity contribution in [1.82, 2.24) is 14.7 Å². The summed E-state index contributed by atoms with van der Waals surface area (Å²) >= 11 is 0. The molecule has 0 aliphatic heterocycles. The fourth-order valence-electron chi connectivity index (χ4n) is 2.23. The first-order valence-corrected chi connectivity index (χ1v) is 7.56. The lowest BCUT2D eigenvalue weighted by atomic mass is 10.2. The van der Waals surface area contributed by atoms with Gasteiger partial charge in [-0.1, -0.05) is 0 Å². The van der Waals surface area contributed by atoms with Gasteiger partial charge in [0.15, 0.2) is 0 Å². The standard InChI is InChI=1S/C16H24N4O2/c1-11(2)20-15-9-14(6-5-13(15)10-17-20)18-16(22)19(4)8-7-12(3)21/h5-6,9-12,21H,7-8H2,1-4H3,(H,18,22)/t12-/m0/s1. The van der Waals surface area contributed by atoms with Gasteiger partial charge in [-0.3, -0.25) is 4.68 Å². The molecule has 1 atom stereocenters. The number of rotatable bonds is 5. The lowest BCUT2D eigenvalue weighted by Gasteiger charge is -2.19. The van der Waals surface area contributed by atoms with E-state index in [0.29, 0.717) is 13.0 Å². The third-order valence-electron chi connectivity index (χ3n) is 3.57. The van der Waals surface area contributed by atoms with E-state index in [-0.39, 0.29) is 12.1 Å². The number of anilines is 1. The number of carbonyl (C=O) groups excluding carboxylic acids is 1. The number of aromatic nitrogens is 2. The number of aliphatic hydroxyl groups is 1. The Bertz CT molecular complexity index is 649. The number of fused-ring (bicyclic) bond motifs is 1. The minimum Gasteiger partial charge on any atom is -0.393 e. The van der Waals surface area contributed by atoms with Gasteiger partial charge in [-0.2, -0.15) is 5.10 Å². The smallest absolute Gasteiger partial charge is 0.321 e. The van der Waals surface area contributed by atoms with Gasteiger partial charge < -0.3 is 15.3 Å². The van der Waals surface area contributed by atoms with Gasteiger partial charge in [0.2, 0.25) is 0 Å². The van der Waals surface area contributed by atoms with Gasteiger partial charge in [-0.25, -0.2) is 4.79 Å². The van der Waals surface area contributed by atoms with Gasteiger partial charge in [0.25, 0.3) is 0 Å². The summed E-state index contributed by atoms with van der Waals surface area (Å²) in [5.74, 6) is 0. The Labute approximate surface area is 130 Å². The van der Waals surface area contributed by atoms with Crippen LogP contribution in [0.4, 0.5) is 10.5 Å². The summed E-state index contributed by atoms with van der Waals surface area (Å²) in [7, 11) is 1.72. The molecule has 2 N–H and O–H groups in total. The van der Waals surface area contributed by atoms with Gasteiger partial charge in [0.1, 0.15) is 0 Å². The number of nitrogens with one attached hydrogen (secondary N) is 1.